The Bertz CT molecular complexity index is 738. The topological polar surface area (TPSA) is 50.9 Å². The summed E-state index contributed by atoms with van der Waals surface area (Å²) in [6, 6.07) is 20.8. The van der Waals surface area contributed by atoms with Crippen LogP contribution in [0.3, 0.4) is 0 Å². The van der Waals surface area contributed by atoms with Crippen molar-refractivity contribution in [2.24, 2.45) is 5.84 Å². The van der Waals surface area contributed by atoms with Crippen molar-refractivity contribution in [3.63, 3.8) is 0 Å². The lowest BCUT2D eigenvalue weighted by molar-refractivity contribution is 0.555. The van der Waals surface area contributed by atoms with Gasteiger partial charge in [0.05, 0.1) is 11.6 Å². The molecule has 3 aromatic rings. The van der Waals surface area contributed by atoms with Crippen LogP contribution in [0.5, 0.6) is 0 Å². The number of aromatic nitrogens is 1. The molecule has 3 nitrogen and oxygen atoms in total. The van der Waals surface area contributed by atoms with E-state index in [4.69, 9.17) is 5.84 Å². The van der Waals surface area contributed by atoms with E-state index in [1.54, 1.807) is 0 Å². The number of aryl methyl sites for hydroxylation is 1. The van der Waals surface area contributed by atoms with Crippen molar-refractivity contribution >= 4 is 10.9 Å². The van der Waals surface area contributed by atoms with Gasteiger partial charge >= 0.3 is 0 Å². The Morgan fingerprint density at radius 3 is 2.52 bits per heavy atom. The number of nitrogens with zero attached hydrogens (tertiary/aromatic N) is 1. The molecule has 3 heteroatoms. The van der Waals surface area contributed by atoms with Crippen molar-refractivity contribution in [1.82, 2.24) is 10.4 Å². The molecule has 0 spiro atoms. The summed E-state index contributed by atoms with van der Waals surface area (Å²) in [6.07, 6.45) is 0.852. The lowest BCUT2D eigenvalue weighted by Gasteiger charge is -2.19. The van der Waals surface area contributed by atoms with Crippen LogP contribution >= 0.6 is 0 Å². The summed E-state index contributed by atoms with van der Waals surface area (Å²) in [4.78, 5) is 4.59. The monoisotopic (exact) mass is 277 g/mol. The van der Waals surface area contributed by atoms with E-state index in [9.17, 15) is 0 Å². The first-order valence-corrected chi connectivity index (χ1v) is 7.14. The number of nitrogens with one attached hydrogen (secondary N) is 1. The normalized spacial score (nSPS) is 12.5. The average Bonchev–Trinajstić information content (AvgIpc) is 2.53. The summed E-state index contributed by atoms with van der Waals surface area (Å²) in [6.45, 7) is 2.02. The number of hydrogen-bond acceptors (Lipinski definition) is 3. The molecule has 3 N–H and O–H groups in total. The fraction of sp³-hybridized carbons (Fsp3) is 0.167. The molecule has 1 unspecified atom stereocenters. The molecule has 1 aromatic heterocycles. The molecule has 1 atom stereocenters. The fourth-order valence-corrected chi connectivity index (χ4v) is 2.74. The molecule has 106 valence electrons. The molecule has 0 aliphatic carbocycles. The van der Waals surface area contributed by atoms with Gasteiger partial charge in [0.25, 0.3) is 0 Å². The minimum Gasteiger partial charge on any atom is -0.271 e. The second-order valence-corrected chi connectivity index (χ2v) is 5.28. The number of fused-ring (bicyclic) bond motifs is 1. The Morgan fingerprint density at radius 1 is 1.05 bits per heavy atom. The van der Waals surface area contributed by atoms with Gasteiger partial charge in [-0.3, -0.25) is 16.3 Å². The standard InChI is InChI=1S/C18H19N3/c1-13-11-16(15-9-5-6-10-17(15)20-13)18(21-19)12-14-7-3-2-4-8-14/h2-11,18,21H,12,19H2,1H3. The number of para-hydroxylation sites is 1. The van der Waals surface area contributed by atoms with E-state index in [0.717, 1.165) is 23.0 Å². The molecule has 0 saturated carbocycles. The Morgan fingerprint density at radius 2 is 1.76 bits per heavy atom. The zero-order valence-corrected chi connectivity index (χ0v) is 12.1. The second kappa shape index (κ2) is 6.04. The highest BCUT2D eigenvalue weighted by atomic mass is 15.2. The quantitative estimate of drug-likeness (QED) is 0.568. The first-order valence-electron chi connectivity index (χ1n) is 7.14. The lowest BCUT2D eigenvalue weighted by atomic mass is 9.96. The smallest absolute Gasteiger partial charge is 0.0708 e. The van der Waals surface area contributed by atoms with E-state index in [0.29, 0.717) is 0 Å². The van der Waals surface area contributed by atoms with Crippen LogP contribution in [0.4, 0.5) is 0 Å². The maximum Gasteiger partial charge on any atom is 0.0708 e. The van der Waals surface area contributed by atoms with Crippen molar-refractivity contribution in [1.29, 1.82) is 0 Å². The van der Waals surface area contributed by atoms with Crippen molar-refractivity contribution in [2.45, 2.75) is 19.4 Å². The van der Waals surface area contributed by atoms with Gasteiger partial charge in [-0.25, -0.2) is 0 Å². The van der Waals surface area contributed by atoms with E-state index in [1.807, 2.05) is 31.2 Å². The predicted molar refractivity (Wildman–Crippen MR) is 86.7 cm³/mol. The van der Waals surface area contributed by atoms with Crippen LogP contribution in [0.15, 0.2) is 60.7 Å². The summed E-state index contributed by atoms with van der Waals surface area (Å²) in [5.74, 6) is 5.82. The van der Waals surface area contributed by atoms with E-state index in [-0.39, 0.29) is 6.04 Å². The first kappa shape index (κ1) is 13.7. The molecule has 0 amide bonds. The van der Waals surface area contributed by atoms with Crippen molar-refractivity contribution in [3.8, 4) is 0 Å². The Labute approximate surface area is 124 Å². The minimum atomic E-state index is 0.0685. The largest absolute Gasteiger partial charge is 0.271 e. The fourth-order valence-electron chi connectivity index (χ4n) is 2.74. The molecule has 1 heterocycles. The maximum atomic E-state index is 5.82. The van der Waals surface area contributed by atoms with Gasteiger partial charge in [0.2, 0.25) is 0 Å². The van der Waals surface area contributed by atoms with Crippen LogP contribution in [0.25, 0.3) is 10.9 Å². The lowest BCUT2D eigenvalue weighted by Crippen LogP contribution is -2.29. The molecular weight excluding hydrogens is 258 g/mol. The van der Waals surface area contributed by atoms with E-state index < -0.39 is 0 Å². The summed E-state index contributed by atoms with van der Waals surface area (Å²) in [5, 5.41) is 1.15. The van der Waals surface area contributed by atoms with Gasteiger partial charge < -0.3 is 0 Å². The maximum absolute atomic E-state index is 5.82. The Kier molecular flexibility index (Phi) is 3.95. The molecule has 21 heavy (non-hydrogen) atoms. The highest BCUT2D eigenvalue weighted by Gasteiger charge is 2.14. The number of benzene rings is 2. The van der Waals surface area contributed by atoms with Crippen LogP contribution in [-0.2, 0) is 6.42 Å². The SMILES string of the molecule is Cc1cc(C(Cc2ccccc2)NN)c2ccccc2n1. The zero-order valence-electron chi connectivity index (χ0n) is 12.1. The third-order valence-corrected chi connectivity index (χ3v) is 3.74. The van der Waals surface area contributed by atoms with Crippen LogP contribution in [0.2, 0.25) is 0 Å². The minimum absolute atomic E-state index is 0.0685. The van der Waals surface area contributed by atoms with E-state index >= 15 is 0 Å². The van der Waals surface area contributed by atoms with Gasteiger partial charge in [0, 0.05) is 11.1 Å². The average molecular weight is 277 g/mol. The van der Waals surface area contributed by atoms with Gasteiger partial charge in [-0.2, -0.15) is 0 Å². The summed E-state index contributed by atoms with van der Waals surface area (Å²) < 4.78 is 0. The molecule has 2 aromatic carbocycles. The molecule has 0 radical (unpaired) electrons. The third kappa shape index (κ3) is 2.94. The van der Waals surface area contributed by atoms with Crippen molar-refractivity contribution in [3.05, 3.63) is 77.5 Å². The molecule has 0 aliphatic rings. The van der Waals surface area contributed by atoms with Crippen LogP contribution in [-0.4, -0.2) is 4.98 Å². The Hall–Kier alpha value is -2.23. The molecule has 3 rings (SSSR count). The van der Waals surface area contributed by atoms with Gasteiger partial charge in [-0.05, 0) is 36.6 Å². The van der Waals surface area contributed by atoms with Gasteiger partial charge in [0.1, 0.15) is 0 Å². The zero-order chi connectivity index (χ0) is 14.7. The van der Waals surface area contributed by atoms with Crippen LogP contribution in [0.1, 0.15) is 22.9 Å². The molecule has 0 bridgehead atoms. The van der Waals surface area contributed by atoms with E-state index in [1.165, 1.54) is 11.1 Å². The number of hydrogen-bond donors (Lipinski definition) is 2. The molecule has 0 fully saturated rings. The first-order chi connectivity index (χ1) is 10.3. The van der Waals surface area contributed by atoms with Gasteiger partial charge in [-0.1, -0.05) is 48.5 Å². The number of rotatable bonds is 4. The molecule has 0 aliphatic heterocycles. The summed E-state index contributed by atoms with van der Waals surface area (Å²) >= 11 is 0. The van der Waals surface area contributed by atoms with Gasteiger partial charge in [0.15, 0.2) is 0 Å². The summed E-state index contributed by atoms with van der Waals surface area (Å²) in [5.41, 5.74) is 7.45. The predicted octanol–water partition coefficient (Wildman–Crippen LogP) is 3.29. The Balaban J connectivity index is 2.04. The molecule has 0 saturated heterocycles. The molecular formula is C18H19N3. The van der Waals surface area contributed by atoms with Crippen molar-refractivity contribution in [2.75, 3.05) is 0 Å². The number of pyridine rings is 1. The number of nitrogens with two attached hydrogens (primary N) is 1. The van der Waals surface area contributed by atoms with Crippen LogP contribution < -0.4 is 11.3 Å². The highest BCUT2D eigenvalue weighted by Crippen LogP contribution is 2.26. The second-order valence-electron chi connectivity index (χ2n) is 5.28. The van der Waals surface area contributed by atoms with Crippen molar-refractivity contribution < 1.29 is 0 Å². The third-order valence-electron chi connectivity index (χ3n) is 3.74. The van der Waals surface area contributed by atoms with E-state index in [2.05, 4.69) is 46.8 Å². The number of hydrazine groups is 1. The van der Waals surface area contributed by atoms with Crippen LogP contribution in [0, 0.1) is 6.92 Å². The summed E-state index contributed by atoms with van der Waals surface area (Å²) in [7, 11) is 0. The highest BCUT2D eigenvalue weighted by molar-refractivity contribution is 5.82. The van der Waals surface area contributed by atoms with Gasteiger partial charge in [-0.15, -0.1) is 0 Å².